The molecule has 9 nitrogen and oxygen atoms in total. The zero-order valence-electron chi connectivity index (χ0n) is 19.3. The zero-order valence-corrected chi connectivity index (χ0v) is 19.3. The Hall–Kier alpha value is -4.79. The van der Waals surface area contributed by atoms with Crippen molar-refractivity contribution in [2.45, 2.75) is 13.5 Å². The molecular weight excluding hydrogens is 442 g/mol. The third kappa shape index (κ3) is 4.65. The molecule has 0 N–H and O–H groups in total. The van der Waals surface area contributed by atoms with Gasteiger partial charge in [-0.15, -0.1) is 0 Å². The second-order valence-electron chi connectivity index (χ2n) is 7.97. The lowest BCUT2D eigenvalue weighted by atomic mass is 10.0. The van der Waals surface area contributed by atoms with E-state index in [1.54, 1.807) is 13.1 Å². The van der Waals surface area contributed by atoms with Crippen LogP contribution in [-0.4, -0.2) is 35.3 Å². The van der Waals surface area contributed by atoms with Crippen LogP contribution in [0.5, 0.6) is 0 Å². The van der Waals surface area contributed by atoms with Crippen molar-refractivity contribution in [2.24, 2.45) is 12.2 Å². The summed E-state index contributed by atoms with van der Waals surface area (Å²) >= 11 is 0. The molecule has 0 bridgehead atoms. The van der Waals surface area contributed by atoms with Gasteiger partial charge in [0.15, 0.2) is 0 Å². The number of hydrogen-bond acceptors (Lipinski definition) is 6. The Morgan fingerprint density at radius 3 is 2.54 bits per heavy atom. The highest BCUT2D eigenvalue weighted by Gasteiger charge is 2.11. The average molecular weight is 466 g/mol. The molecular formula is C26H23N7O2. The van der Waals surface area contributed by atoms with Gasteiger partial charge in [-0.1, -0.05) is 59.8 Å². The molecule has 0 aliphatic heterocycles. The Kier molecular flexibility index (Phi) is 6.04. The van der Waals surface area contributed by atoms with Gasteiger partial charge in [0.2, 0.25) is 0 Å². The number of benzene rings is 3. The summed E-state index contributed by atoms with van der Waals surface area (Å²) < 4.78 is 4.27. The van der Waals surface area contributed by atoms with Gasteiger partial charge in [0.05, 0.1) is 23.3 Å². The summed E-state index contributed by atoms with van der Waals surface area (Å²) in [7, 11) is 1.55. The van der Waals surface area contributed by atoms with E-state index in [1.165, 1.54) is 9.36 Å². The molecule has 0 saturated carbocycles. The second-order valence-corrected chi connectivity index (χ2v) is 7.97. The van der Waals surface area contributed by atoms with Crippen LogP contribution in [0.25, 0.3) is 22.5 Å². The van der Waals surface area contributed by atoms with Crippen molar-refractivity contribution in [1.29, 1.82) is 0 Å². The molecule has 35 heavy (non-hydrogen) atoms. The standard InChI is InChI=1S/C26H23N7O2/c1-19(28-35-18-22-9-6-7-14-25(22)33-26(34)31(2)29-30-33)20-10-8-11-21(15-20)23-16-27-32(17-23)24-12-4-3-5-13-24/h3-17H,18H2,1-2H3/b28-19+. The van der Waals surface area contributed by atoms with E-state index in [2.05, 4.69) is 26.7 Å². The van der Waals surface area contributed by atoms with Crippen molar-refractivity contribution >= 4 is 5.71 Å². The molecule has 0 unspecified atom stereocenters. The average Bonchev–Trinajstić information content (AvgIpc) is 3.52. The van der Waals surface area contributed by atoms with Crippen molar-refractivity contribution in [2.75, 3.05) is 0 Å². The second kappa shape index (κ2) is 9.60. The summed E-state index contributed by atoms with van der Waals surface area (Å²) in [5.41, 5.74) is 5.77. The summed E-state index contributed by atoms with van der Waals surface area (Å²) in [5.74, 6) is 0. The molecule has 0 saturated heterocycles. The smallest absolute Gasteiger partial charge is 0.368 e. The molecule has 0 radical (unpaired) electrons. The van der Waals surface area contributed by atoms with Gasteiger partial charge in [-0.3, -0.25) is 0 Å². The van der Waals surface area contributed by atoms with E-state index in [1.807, 2.05) is 90.7 Å². The molecule has 0 amide bonds. The summed E-state index contributed by atoms with van der Waals surface area (Å²) in [6, 6.07) is 25.4. The zero-order chi connectivity index (χ0) is 24.2. The van der Waals surface area contributed by atoms with Crippen molar-refractivity contribution in [3.63, 3.8) is 0 Å². The van der Waals surface area contributed by atoms with Crippen molar-refractivity contribution in [1.82, 2.24) is 29.6 Å². The van der Waals surface area contributed by atoms with Gasteiger partial charge in [-0.25, -0.2) is 9.48 Å². The van der Waals surface area contributed by atoms with Gasteiger partial charge in [0.1, 0.15) is 6.61 Å². The molecule has 0 aliphatic carbocycles. The molecule has 0 spiro atoms. The minimum atomic E-state index is -0.329. The topological polar surface area (TPSA) is 92.1 Å². The monoisotopic (exact) mass is 465 g/mol. The first-order valence-electron chi connectivity index (χ1n) is 11.0. The van der Waals surface area contributed by atoms with E-state index in [-0.39, 0.29) is 12.3 Å². The predicted molar refractivity (Wildman–Crippen MR) is 133 cm³/mol. The molecule has 9 heteroatoms. The van der Waals surface area contributed by atoms with Crippen LogP contribution in [-0.2, 0) is 18.5 Å². The fraction of sp³-hybridized carbons (Fsp3) is 0.115. The number of oxime groups is 1. The number of para-hydroxylation sites is 2. The fourth-order valence-corrected chi connectivity index (χ4v) is 3.67. The predicted octanol–water partition coefficient (Wildman–Crippen LogP) is 3.76. The van der Waals surface area contributed by atoms with E-state index < -0.39 is 0 Å². The van der Waals surface area contributed by atoms with Gasteiger partial charge < -0.3 is 4.84 Å². The first-order chi connectivity index (χ1) is 17.1. The van der Waals surface area contributed by atoms with Crippen molar-refractivity contribution in [3.05, 3.63) is 113 Å². The summed E-state index contributed by atoms with van der Waals surface area (Å²) in [6.07, 6.45) is 3.85. The van der Waals surface area contributed by atoms with Gasteiger partial charge in [0, 0.05) is 24.4 Å². The highest BCUT2D eigenvalue weighted by molar-refractivity contribution is 5.99. The summed E-state index contributed by atoms with van der Waals surface area (Å²) in [4.78, 5) is 17.9. The van der Waals surface area contributed by atoms with E-state index >= 15 is 0 Å². The first kappa shape index (κ1) is 22.0. The van der Waals surface area contributed by atoms with Crippen LogP contribution >= 0.6 is 0 Å². The van der Waals surface area contributed by atoms with Crippen molar-refractivity contribution in [3.8, 4) is 22.5 Å². The molecule has 0 atom stereocenters. The maximum absolute atomic E-state index is 12.2. The fourth-order valence-electron chi connectivity index (χ4n) is 3.67. The molecule has 5 rings (SSSR count). The Bertz CT molecular complexity index is 1550. The molecule has 3 aromatic carbocycles. The maximum atomic E-state index is 12.2. The Morgan fingerprint density at radius 1 is 0.943 bits per heavy atom. The molecule has 2 heterocycles. The summed E-state index contributed by atoms with van der Waals surface area (Å²) in [5, 5.41) is 16.5. The molecule has 174 valence electrons. The Morgan fingerprint density at radius 2 is 1.74 bits per heavy atom. The highest BCUT2D eigenvalue weighted by Crippen LogP contribution is 2.22. The Balaban J connectivity index is 1.32. The maximum Gasteiger partial charge on any atom is 0.368 e. The van der Waals surface area contributed by atoms with Crippen LogP contribution in [0.3, 0.4) is 0 Å². The van der Waals surface area contributed by atoms with Gasteiger partial charge >= 0.3 is 5.69 Å². The minimum absolute atomic E-state index is 0.181. The highest BCUT2D eigenvalue weighted by atomic mass is 16.6. The first-order valence-corrected chi connectivity index (χ1v) is 11.0. The lowest BCUT2D eigenvalue weighted by Gasteiger charge is -2.08. The van der Waals surface area contributed by atoms with Crippen LogP contribution in [0.1, 0.15) is 18.1 Å². The summed E-state index contributed by atoms with van der Waals surface area (Å²) in [6.45, 7) is 2.08. The normalized spacial score (nSPS) is 11.5. The number of hydrogen-bond donors (Lipinski definition) is 0. The quantitative estimate of drug-likeness (QED) is 0.270. The molecule has 5 aromatic rings. The van der Waals surface area contributed by atoms with E-state index in [9.17, 15) is 4.79 Å². The van der Waals surface area contributed by atoms with Crippen LogP contribution in [0.2, 0.25) is 0 Å². The number of rotatable bonds is 7. The van der Waals surface area contributed by atoms with E-state index in [0.717, 1.165) is 33.7 Å². The SMILES string of the molecule is C/C(=N\OCc1ccccc1-n1nnn(C)c1=O)c1cccc(-c2cnn(-c3ccccc3)c2)c1. The Labute approximate surface area is 201 Å². The molecule has 0 fully saturated rings. The third-order valence-corrected chi connectivity index (χ3v) is 5.58. The van der Waals surface area contributed by atoms with Crippen LogP contribution in [0.15, 0.2) is 101 Å². The minimum Gasteiger partial charge on any atom is -0.391 e. The van der Waals surface area contributed by atoms with E-state index in [0.29, 0.717) is 5.69 Å². The lowest BCUT2D eigenvalue weighted by Crippen LogP contribution is -2.22. The van der Waals surface area contributed by atoms with E-state index in [4.69, 9.17) is 4.84 Å². The number of tetrazole rings is 1. The van der Waals surface area contributed by atoms with Crippen LogP contribution in [0, 0.1) is 0 Å². The van der Waals surface area contributed by atoms with Crippen molar-refractivity contribution < 1.29 is 4.84 Å². The van der Waals surface area contributed by atoms with Crippen LogP contribution < -0.4 is 5.69 Å². The van der Waals surface area contributed by atoms with Gasteiger partial charge in [0.25, 0.3) is 0 Å². The third-order valence-electron chi connectivity index (χ3n) is 5.58. The number of aromatic nitrogens is 6. The van der Waals surface area contributed by atoms with Gasteiger partial charge in [-0.2, -0.15) is 14.5 Å². The molecule has 2 aromatic heterocycles. The number of nitrogens with zero attached hydrogens (tertiary/aromatic N) is 7. The lowest BCUT2D eigenvalue weighted by molar-refractivity contribution is 0.130. The largest absolute Gasteiger partial charge is 0.391 e. The molecule has 0 aliphatic rings. The van der Waals surface area contributed by atoms with Gasteiger partial charge in [-0.05, 0) is 52.7 Å². The van der Waals surface area contributed by atoms with Crippen LogP contribution in [0.4, 0.5) is 0 Å². The number of aryl methyl sites for hydroxylation is 1.